The number of fused-ring (bicyclic) bond motifs is 2. The standard InChI is InChI=1S/C22H22ClFN4O5S/c1-34(2,30)28-12-6-13(24)19-15(7-12)25-10-26-22(19)27-14-4-3-11(23)5-17(14)33-18-9-32-20-16(29)8-31-21(18)20/h3-7,10,16,18,20-21,29H,8-9H2,1-2H3,(H,25,26,27)/t16-,18-,20-,21-/m1/s1. The van der Waals surface area contributed by atoms with Gasteiger partial charge >= 0.3 is 0 Å². The van der Waals surface area contributed by atoms with Gasteiger partial charge in [-0.1, -0.05) is 11.6 Å². The lowest BCUT2D eigenvalue weighted by Gasteiger charge is -2.21. The number of halogens is 2. The Morgan fingerprint density at radius 2 is 2.00 bits per heavy atom. The molecule has 2 aromatic carbocycles. The Balaban J connectivity index is 1.48. The van der Waals surface area contributed by atoms with Crippen LogP contribution in [-0.2, 0) is 19.2 Å². The zero-order valence-corrected chi connectivity index (χ0v) is 19.8. The molecule has 2 saturated heterocycles. The zero-order chi connectivity index (χ0) is 24.0. The average Bonchev–Trinajstić information content (AvgIpc) is 3.32. The summed E-state index contributed by atoms with van der Waals surface area (Å²) >= 11 is 6.20. The van der Waals surface area contributed by atoms with Crippen LogP contribution < -0.4 is 10.1 Å². The van der Waals surface area contributed by atoms with Crippen molar-refractivity contribution < 1.29 is 27.9 Å². The van der Waals surface area contributed by atoms with E-state index in [0.29, 0.717) is 22.0 Å². The molecule has 5 rings (SSSR count). The molecular formula is C22H22ClFN4O5S. The summed E-state index contributed by atoms with van der Waals surface area (Å²) in [4.78, 5) is 8.35. The molecular weight excluding hydrogens is 487 g/mol. The van der Waals surface area contributed by atoms with Crippen molar-refractivity contribution in [2.24, 2.45) is 4.36 Å². The maximum Gasteiger partial charge on any atom is 0.151 e. The third-order valence-electron chi connectivity index (χ3n) is 5.46. The van der Waals surface area contributed by atoms with Gasteiger partial charge in [-0.2, -0.15) is 4.36 Å². The predicted octanol–water partition coefficient (Wildman–Crippen LogP) is 3.43. The van der Waals surface area contributed by atoms with E-state index < -0.39 is 40.0 Å². The lowest BCUT2D eigenvalue weighted by atomic mass is 10.1. The largest absolute Gasteiger partial charge is 0.483 e. The minimum atomic E-state index is -2.47. The quantitative estimate of drug-likeness (QED) is 0.538. The average molecular weight is 509 g/mol. The highest BCUT2D eigenvalue weighted by molar-refractivity contribution is 7.92. The fourth-order valence-electron chi connectivity index (χ4n) is 4.06. The van der Waals surface area contributed by atoms with Crippen molar-refractivity contribution in [3.8, 4) is 5.75 Å². The normalized spacial score (nSPS) is 24.3. The molecule has 9 nitrogen and oxygen atoms in total. The number of rotatable bonds is 5. The SMILES string of the molecule is CS(C)(=O)=Nc1cc(F)c2c(Nc3ccc(Cl)cc3O[C@@H]3CO[C@H]4[C@@H]3OC[C@H]4O)ncnc2c1. The van der Waals surface area contributed by atoms with E-state index in [-0.39, 0.29) is 30.1 Å². The minimum Gasteiger partial charge on any atom is -0.483 e. The summed E-state index contributed by atoms with van der Waals surface area (Å²) in [7, 11) is -2.47. The number of hydrogen-bond acceptors (Lipinski definition) is 9. The fraction of sp³-hybridized carbons (Fsp3) is 0.364. The minimum absolute atomic E-state index is 0.146. The van der Waals surface area contributed by atoms with Gasteiger partial charge in [0.05, 0.1) is 35.5 Å². The first-order chi connectivity index (χ1) is 16.2. The third-order valence-corrected chi connectivity index (χ3v) is 6.34. The van der Waals surface area contributed by atoms with Crippen molar-refractivity contribution in [1.82, 2.24) is 9.97 Å². The monoisotopic (exact) mass is 508 g/mol. The maximum absolute atomic E-state index is 15.1. The fourth-order valence-corrected chi connectivity index (χ4v) is 4.84. The molecule has 1 aromatic heterocycles. The summed E-state index contributed by atoms with van der Waals surface area (Å²) in [5.74, 6) is -0.00918. The first-order valence-corrected chi connectivity index (χ1v) is 13.1. The van der Waals surface area contributed by atoms with Gasteiger partial charge in [0.2, 0.25) is 0 Å². The van der Waals surface area contributed by atoms with Crippen LogP contribution in [0.3, 0.4) is 0 Å². The molecule has 2 N–H and O–H groups in total. The van der Waals surface area contributed by atoms with Gasteiger partial charge in [-0.3, -0.25) is 0 Å². The van der Waals surface area contributed by atoms with E-state index in [1.54, 1.807) is 24.3 Å². The number of ether oxygens (including phenoxy) is 3. The number of aliphatic hydroxyl groups excluding tert-OH is 1. The molecule has 12 heteroatoms. The second-order valence-corrected chi connectivity index (χ2v) is 11.4. The molecule has 2 aliphatic rings. The van der Waals surface area contributed by atoms with Crippen molar-refractivity contribution in [3.05, 3.63) is 47.5 Å². The molecule has 180 valence electrons. The van der Waals surface area contributed by atoms with E-state index in [2.05, 4.69) is 19.6 Å². The van der Waals surface area contributed by atoms with Crippen LogP contribution in [0.5, 0.6) is 5.75 Å². The molecule has 4 atom stereocenters. The summed E-state index contributed by atoms with van der Waals surface area (Å²) in [6.07, 6.45) is 2.23. The number of aliphatic hydroxyl groups is 1. The number of benzene rings is 2. The van der Waals surface area contributed by atoms with Gasteiger partial charge in [-0.25, -0.2) is 18.6 Å². The maximum atomic E-state index is 15.1. The molecule has 0 unspecified atom stereocenters. The number of nitrogens with one attached hydrogen (secondary N) is 1. The number of aromatic nitrogens is 2. The summed E-state index contributed by atoms with van der Waals surface area (Å²) in [6.45, 7) is 0.426. The van der Waals surface area contributed by atoms with Crippen LogP contribution in [0.25, 0.3) is 10.9 Å². The van der Waals surface area contributed by atoms with Crippen molar-refractivity contribution in [1.29, 1.82) is 0 Å². The first kappa shape index (κ1) is 23.2. The van der Waals surface area contributed by atoms with Crippen LogP contribution in [0.15, 0.2) is 41.0 Å². The van der Waals surface area contributed by atoms with E-state index in [9.17, 15) is 9.32 Å². The van der Waals surface area contributed by atoms with E-state index in [4.69, 9.17) is 25.8 Å². The predicted molar refractivity (Wildman–Crippen MR) is 126 cm³/mol. The summed E-state index contributed by atoms with van der Waals surface area (Å²) in [5.41, 5.74) is 1.02. The van der Waals surface area contributed by atoms with Crippen molar-refractivity contribution in [2.75, 3.05) is 31.0 Å². The molecule has 0 amide bonds. The second kappa shape index (κ2) is 8.90. The Bertz CT molecular complexity index is 1370. The number of hydrogen-bond donors (Lipinski definition) is 2. The molecule has 0 saturated carbocycles. The van der Waals surface area contributed by atoms with Gasteiger partial charge in [-0.05, 0) is 18.2 Å². The van der Waals surface area contributed by atoms with Crippen LogP contribution in [0.1, 0.15) is 0 Å². The van der Waals surface area contributed by atoms with Crippen LogP contribution in [0.2, 0.25) is 5.02 Å². The van der Waals surface area contributed by atoms with Crippen molar-refractivity contribution >= 4 is 49.4 Å². The smallest absolute Gasteiger partial charge is 0.151 e. The molecule has 2 fully saturated rings. The summed E-state index contributed by atoms with van der Waals surface area (Å²) < 4.78 is 48.6. The molecule has 3 aromatic rings. The molecule has 0 spiro atoms. The number of anilines is 2. The van der Waals surface area contributed by atoms with Gasteiger partial charge < -0.3 is 24.6 Å². The second-order valence-electron chi connectivity index (χ2n) is 8.40. The highest BCUT2D eigenvalue weighted by Gasteiger charge is 2.48. The van der Waals surface area contributed by atoms with Gasteiger partial charge in [0.15, 0.2) is 6.10 Å². The van der Waals surface area contributed by atoms with Gasteiger partial charge in [0.25, 0.3) is 0 Å². The van der Waals surface area contributed by atoms with Crippen LogP contribution >= 0.6 is 11.6 Å². The van der Waals surface area contributed by atoms with E-state index >= 15 is 4.39 Å². The van der Waals surface area contributed by atoms with Gasteiger partial charge in [0.1, 0.15) is 42.0 Å². The lowest BCUT2D eigenvalue weighted by molar-refractivity contribution is 0.00876. The molecule has 2 aliphatic heterocycles. The van der Waals surface area contributed by atoms with Crippen LogP contribution in [0.4, 0.5) is 21.6 Å². The first-order valence-electron chi connectivity index (χ1n) is 10.4. The highest BCUT2D eigenvalue weighted by Crippen LogP contribution is 2.37. The molecule has 0 aliphatic carbocycles. The molecule has 0 radical (unpaired) electrons. The lowest BCUT2D eigenvalue weighted by Crippen LogP contribution is -2.34. The molecule has 3 heterocycles. The Kier molecular flexibility index (Phi) is 6.07. The van der Waals surface area contributed by atoms with E-state index in [0.717, 1.165) is 0 Å². The van der Waals surface area contributed by atoms with E-state index in [1.807, 2.05) is 0 Å². The Morgan fingerprint density at radius 3 is 2.79 bits per heavy atom. The van der Waals surface area contributed by atoms with E-state index in [1.165, 1.54) is 24.9 Å². The van der Waals surface area contributed by atoms with Gasteiger partial charge in [0, 0.05) is 39.4 Å². The molecule has 0 bridgehead atoms. The van der Waals surface area contributed by atoms with Crippen molar-refractivity contribution in [3.63, 3.8) is 0 Å². The Morgan fingerprint density at radius 1 is 1.21 bits per heavy atom. The highest BCUT2D eigenvalue weighted by atomic mass is 35.5. The molecule has 34 heavy (non-hydrogen) atoms. The zero-order valence-electron chi connectivity index (χ0n) is 18.3. The summed E-state index contributed by atoms with van der Waals surface area (Å²) in [5, 5.41) is 13.7. The third kappa shape index (κ3) is 4.66. The Hall–Kier alpha value is -2.57. The summed E-state index contributed by atoms with van der Waals surface area (Å²) in [6, 6.07) is 7.72. The van der Waals surface area contributed by atoms with Crippen molar-refractivity contribution in [2.45, 2.75) is 24.4 Å². The van der Waals surface area contributed by atoms with Crippen LogP contribution in [0, 0.1) is 5.82 Å². The number of nitrogens with zero attached hydrogens (tertiary/aromatic N) is 3. The van der Waals surface area contributed by atoms with Crippen LogP contribution in [-0.4, -0.2) is 69.4 Å². The van der Waals surface area contributed by atoms with Gasteiger partial charge in [-0.15, -0.1) is 0 Å². The Labute approximate surface area is 200 Å². The topological polar surface area (TPSA) is 115 Å².